The summed E-state index contributed by atoms with van der Waals surface area (Å²) in [6.07, 6.45) is 30.0. The van der Waals surface area contributed by atoms with Gasteiger partial charge in [0.2, 0.25) is 11.6 Å². The third kappa shape index (κ3) is 15.6. The van der Waals surface area contributed by atoms with Gasteiger partial charge in [0, 0.05) is 12.8 Å². The number of aliphatic hydroxyl groups is 8. The molecule has 0 radical (unpaired) electrons. The van der Waals surface area contributed by atoms with E-state index in [0.717, 1.165) is 38.5 Å². The number of rotatable bonds is 0. The maximum absolute atomic E-state index is 10.3. The van der Waals surface area contributed by atoms with E-state index in [0.29, 0.717) is 12.8 Å². The average Bonchev–Trinajstić information content (AvgIpc) is 2.93. The lowest BCUT2D eigenvalue weighted by Crippen LogP contribution is -2.76. The van der Waals surface area contributed by atoms with Crippen molar-refractivity contribution in [3.05, 3.63) is 0 Å². The molecule has 0 aromatic heterocycles. The van der Waals surface area contributed by atoms with Gasteiger partial charge in [-0.3, -0.25) is 0 Å². The molecule has 0 aliphatic heterocycles. The minimum atomic E-state index is -3.97. The molecule has 1 rings (SSSR count). The van der Waals surface area contributed by atoms with Crippen LogP contribution < -0.4 is 0 Å². The van der Waals surface area contributed by atoms with E-state index in [1.165, 1.54) is 116 Å². The van der Waals surface area contributed by atoms with Crippen LogP contribution in [0.15, 0.2) is 0 Å². The molecular weight excluding hydrogens is 536 g/mol. The standard InChI is InChI=1S/C34H68O8/c35-31(36)29-27-25-23-21-19-17-15-13-11-9-7-5-3-1-2-4-6-8-10-12-14-16-18-20-22-24-26-28-30-32(37,38)34(41,42)33(31,39)40/h35-42H,1-30H2. The monoisotopic (exact) mass is 604 g/mol. The lowest BCUT2D eigenvalue weighted by Gasteiger charge is -2.47. The highest BCUT2D eigenvalue weighted by Crippen LogP contribution is 2.39. The van der Waals surface area contributed by atoms with Gasteiger partial charge in [0.05, 0.1) is 0 Å². The van der Waals surface area contributed by atoms with Crippen molar-refractivity contribution < 1.29 is 40.9 Å². The second kappa shape index (κ2) is 22.2. The molecule has 0 atom stereocenters. The van der Waals surface area contributed by atoms with E-state index in [1.807, 2.05) is 0 Å². The molecule has 0 bridgehead atoms. The van der Waals surface area contributed by atoms with Crippen molar-refractivity contribution in [3.8, 4) is 0 Å². The lowest BCUT2D eigenvalue weighted by molar-refractivity contribution is -0.507. The molecule has 0 spiro atoms. The Labute approximate surface area is 256 Å². The second-order valence-corrected chi connectivity index (χ2v) is 13.4. The van der Waals surface area contributed by atoms with Gasteiger partial charge in [-0.1, -0.05) is 167 Å². The minimum Gasteiger partial charge on any atom is -0.361 e. The van der Waals surface area contributed by atoms with Crippen molar-refractivity contribution in [2.45, 2.75) is 216 Å². The van der Waals surface area contributed by atoms with Crippen LogP contribution in [0.3, 0.4) is 0 Å². The highest BCUT2D eigenvalue weighted by molar-refractivity contribution is 5.00. The van der Waals surface area contributed by atoms with E-state index < -0.39 is 36.0 Å². The van der Waals surface area contributed by atoms with E-state index in [-0.39, 0.29) is 12.8 Å². The minimum absolute atomic E-state index is 0.204. The molecule has 1 aliphatic carbocycles. The van der Waals surface area contributed by atoms with E-state index in [1.54, 1.807) is 0 Å². The Balaban J connectivity index is 2.49. The molecule has 8 heteroatoms. The van der Waals surface area contributed by atoms with Gasteiger partial charge in [-0.05, 0) is 12.8 Å². The molecule has 0 unspecified atom stereocenters. The Bertz CT molecular complexity index is 581. The number of hydrogen-bond acceptors (Lipinski definition) is 8. The van der Waals surface area contributed by atoms with Gasteiger partial charge in [0.15, 0.2) is 0 Å². The van der Waals surface area contributed by atoms with E-state index in [4.69, 9.17) is 0 Å². The van der Waals surface area contributed by atoms with Crippen LogP contribution in [-0.4, -0.2) is 64.0 Å². The molecule has 0 saturated heterocycles. The Morgan fingerprint density at radius 2 is 0.310 bits per heavy atom. The SMILES string of the molecule is OC1(O)CCCCCCCCCCCCCCCCCCCCCCCCCCCCCCC(O)(O)C(O)(O)C1(O)O. The van der Waals surface area contributed by atoms with Gasteiger partial charge in [-0.25, -0.2) is 0 Å². The summed E-state index contributed by atoms with van der Waals surface area (Å²) in [7, 11) is 0. The van der Waals surface area contributed by atoms with E-state index in [9.17, 15) is 40.9 Å². The zero-order valence-electron chi connectivity index (χ0n) is 26.8. The average molecular weight is 605 g/mol. The maximum atomic E-state index is 10.3. The summed E-state index contributed by atoms with van der Waals surface area (Å²) in [5.74, 6) is -14.6. The van der Waals surface area contributed by atoms with Gasteiger partial charge < -0.3 is 40.9 Å². The van der Waals surface area contributed by atoms with Crippen LogP contribution in [0.1, 0.15) is 193 Å². The molecule has 0 amide bonds. The van der Waals surface area contributed by atoms with Crippen LogP contribution in [0.5, 0.6) is 0 Å². The summed E-state index contributed by atoms with van der Waals surface area (Å²) in [6.45, 7) is 0. The largest absolute Gasteiger partial charge is 0.361 e. The van der Waals surface area contributed by atoms with Crippen LogP contribution >= 0.6 is 0 Å². The van der Waals surface area contributed by atoms with Crippen molar-refractivity contribution in [1.82, 2.24) is 0 Å². The van der Waals surface area contributed by atoms with Crippen LogP contribution in [0.2, 0.25) is 0 Å². The Morgan fingerprint density at radius 3 is 0.452 bits per heavy atom. The normalized spacial score (nSPS) is 26.9. The van der Waals surface area contributed by atoms with E-state index in [2.05, 4.69) is 0 Å². The van der Waals surface area contributed by atoms with Crippen molar-refractivity contribution in [3.63, 3.8) is 0 Å². The van der Waals surface area contributed by atoms with Crippen LogP contribution in [-0.2, 0) is 0 Å². The first kappa shape index (κ1) is 39.7. The molecule has 8 N–H and O–H groups in total. The Kier molecular flexibility index (Phi) is 21.0. The Morgan fingerprint density at radius 1 is 0.190 bits per heavy atom. The van der Waals surface area contributed by atoms with Crippen LogP contribution in [0.25, 0.3) is 0 Å². The maximum Gasteiger partial charge on any atom is 0.279 e. The van der Waals surface area contributed by atoms with Gasteiger partial charge in [0.25, 0.3) is 11.6 Å². The summed E-state index contributed by atoms with van der Waals surface area (Å²) < 4.78 is 0. The number of hydrogen-bond donors (Lipinski definition) is 8. The molecule has 8 nitrogen and oxygen atoms in total. The van der Waals surface area contributed by atoms with Crippen molar-refractivity contribution in [2.75, 3.05) is 0 Å². The van der Waals surface area contributed by atoms with Gasteiger partial charge in [-0.15, -0.1) is 0 Å². The lowest BCUT2D eigenvalue weighted by atomic mass is 9.84. The van der Waals surface area contributed by atoms with Crippen molar-refractivity contribution >= 4 is 0 Å². The van der Waals surface area contributed by atoms with Crippen LogP contribution in [0, 0.1) is 0 Å². The smallest absolute Gasteiger partial charge is 0.279 e. The van der Waals surface area contributed by atoms with Gasteiger partial charge in [-0.2, -0.15) is 0 Å². The third-order valence-corrected chi connectivity index (χ3v) is 9.40. The zero-order chi connectivity index (χ0) is 31.2. The predicted octanol–water partition coefficient (Wildman–Crippen LogP) is 6.43. The van der Waals surface area contributed by atoms with Crippen LogP contribution in [0.4, 0.5) is 0 Å². The Hall–Kier alpha value is -0.320. The molecule has 0 aromatic carbocycles. The highest BCUT2D eigenvalue weighted by atomic mass is 16.7. The summed E-state index contributed by atoms with van der Waals surface area (Å²) in [6, 6.07) is 0. The molecule has 1 saturated carbocycles. The van der Waals surface area contributed by atoms with Crippen molar-refractivity contribution in [1.29, 1.82) is 0 Å². The van der Waals surface area contributed by atoms with Crippen molar-refractivity contribution in [2.24, 2.45) is 0 Å². The summed E-state index contributed by atoms with van der Waals surface area (Å²) in [5, 5.41) is 82.6. The quantitative estimate of drug-likeness (QED) is 0.147. The fourth-order valence-electron chi connectivity index (χ4n) is 6.25. The molecule has 0 aromatic rings. The summed E-state index contributed by atoms with van der Waals surface area (Å²) >= 11 is 0. The molecule has 42 heavy (non-hydrogen) atoms. The zero-order valence-corrected chi connectivity index (χ0v) is 26.8. The first-order chi connectivity index (χ1) is 20.0. The van der Waals surface area contributed by atoms with Gasteiger partial charge >= 0.3 is 0 Å². The van der Waals surface area contributed by atoms with Gasteiger partial charge in [0.1, 0.15) is 0 Å². The molecule has 0 heterocycles. The topological polar surface area (TPSA) is 162 Å². The fourth-order valence-corrected chi connectivity index (χ4v) is 6.25. The molecule has 1 aliphatic rings. The van der Waals surface area contributed by atoms with E-state index >= 15 is 0 Å². The predicted molar refractivity (Wildman–Crippen MR) is 167 cm³/mol. The summed E-state index contributed by atoms with van der Waals surface area (Å²) in [5.41, 5.74) is 0. The molecular formula is C34H68O8. The highest BCUT2D eigenvalue weighted by Gasteiger charge is 2.69. The molecule has 252 valence electrons. The fraction of sp³-hybridized carbons (Fsp3) is 1.00. The first-order valence-electron chi connectivity index (χ1n) is 17.7. The third-order valence-electron chi connectivity index (χ3n) is 9.40. The molecule has 1 fully saturated rings. The first-order valence-corrected chi connectivity index (χ1v) is 17.7. The second-order valence-electron chi connectivity index (χ2n) is 13.4. The summed E-state index contributed by atoms with van der Waals surface area (Å²) in [4.78, 5) is 0.